The predicted octanol–water partition coefficient (Wildman–Crippen LogP) is 1.49. The quantitative estimate of drug-likeness (QED) is 0.765. The Morgan fingerprint density at radius 3 is 2.67 bits per heavy atom. The van der Waals surface area contributed by atoms with Crippen LogP contribution in [0, 0.1) is 11.8 Å². The average Bonchev–Trinajstić information content (AvgIpc) is 2.20. The van der Waals surface area contributed by atoms with Gasteiger partial charge in [0.05, 0.1) is 0 Å². The standard InChI is InChI=1S/C12H24N2O/c1-9(2)11-5-6-12(15)14(8-11)7-10(3)13-4/h9-11,13H,5-8H2,1-4H3. The molecule has 88 valence electrons. The molecular weight excluding hydrogens is 188 g/mol. The Morgan fingerprint density at radius 2 is 2.13 bits per heavy atom. The number of hydrogen-bond acceptors (Lipinski definition) is 2. The minimum atomic E-state index is 0.328. The van der Waals surface area contributed by atoms with E-state index in [1.165, 1.54) is 0 Å². The molecule has 2 atom stereocenters. The van der Waals surface area contributed by atoms with Gasteiger partial charge in [0.1, 0.15) is 0 Å². The van der Waals surface area contributed by atoms with Gasteiger partial charge in [-0.15, -0.1) is 0 Å². The molecule has 0 aromatic heterocycles. The van der Waals surface area contributed by atoms with E-state index in [1.54, 1.807) is 0 Å². The number of amides is 1. The smallest absolute Gasteiger partial charge is 0.222 e. The number of likely N-dealkylation sites (N-methyl/N-ethyl adjacent to an activating group) is 1. The van der Waals surface area contributed by atoms with E-state index < -0.39 is 0 Å². The third-order valence-electron chi connectivity index (χ3n) is 3.47. The van der Waals surface area contributed by atoms with Crippen molar-refractivity contribution in [3.8, 4) is 0 Å². The Labute approximate surface area is 93.2 Å². The molecule has 15 heavy (non-hydrogen) atoms. The fraction of sp³-hybridized carbons (Fsp3) is 0.917. The third-order valence-corrected chi connectivity index (χ3v) is 3.47. The Kier molecular flexibility index (Phi) is 4.58. The zero-order chi connectivity index (χ0) is 11.4. The van der Waals surface area contributed by atoms with E-state index in [-0.39, 0.29) is 0 Å². The molecule has 1 rings (SSSR count). The van der Waals surface area contributed by atoms with E-state index in [2.05, 4.69) is 26.1 Å². The molecule has 0 aromatic carbocycles. The van der Waals surface area contributed by atoms with Crippen LogP contribution in [0.4, 0.5) is 0 Å². The summed E-state index contributed by atoms with van der Waals surface area (Å²) in [5.74, 6) is 1.70. The molecule has 3 heteroatoms. The zero-order valence-corrected chi connectivity index (χ0v) is 10.4. The van der Waals surface area contributed by atoms with Gasteiger partial charge in [-0.1, -0.05) is 13.8 Å². The molecule has 1 heterocycles. The summed E-state index contributed by atoms with van der Waals surface area (Å²) in [5.41, 5.74) is 0. The van der Waals surface area contributed by atoms with Crippen molar-refractivity contribution >= 4 is 5.91 Å². The van der Waals surface area contributed by atoms with Gasteiger partial charge in [-0.2, -0.15) is 0 Å². The first-order valence-electron chi connectivity index (χ1n) is 5.99. The molecule has 0 aliphatic carbocycles. The van der Waals surface area contributed by atoms with Crippen molar-refractivity contribution in [1.29, 1.82) is 0 Å². The second-order valence-corrected chi connectivity index (χ2v) is 5.03. The Morgan fingerprint density at radius 1 is 1.47 bits per heavy atom. The van der Waals surface area contributed by atoms with Gasteiger partial charge in [0.2, 0.25) is 5.91 Å². The van der Waals surface area contributed by atoms with Crippen molar-refractivity contribution in [2.24, 2.45) is 11.8 Å². The van der Waals surface area contributed by atoms with Crippen LogP contribution in [0.1, 0.15) is 33.6 Å². The van der Waals surface area contributed by atoms with Crippen LogP contribution in [-0.2, 0) is 4.79 Å². The number of piperidine rings is 1. The van der Waals surface area contributed by atoms with Crippen LogP contribution >= 0.6 is 0 Å². The number of carbonyl (C=O) groups is 1. The van der Waals surface area contributed by atoms with E-state index in [4.69, 9.17) is 0 Å². The lowest BCUT2D eigenvalue weighted by Crippen LogP contribution is -2.47. The fourth-order valence-electron chi connectivity index (χ4n) is 2.09. The average molecular weight is 212 g/mol. The van der Waals surface area contributed by atoms with Gasteiger partial charge >= 0.3 is 0 Å². The van der Waals surface area contributed by atoms with E-state index in [9.17, 15) is 4.79 Å². The number of rotatable bonds is 4. The number of likely N-dealkylation sites (tertiary alicyclic amines) is 1. The highest BCUT2D eigenvalue weighted by molar-refractivity contribution is 5.77. The van der Waals surface area contributed by atoms with Gasteiger partial charge in [0, 0.05) is 25.6 Å². The van der Waals surface area contributed by atoms with Gasteiger partial charge in [-0.05, 0) is 32.2 Å². The highest BCUT2D eigenvalue weighted by Crippen LogP contribution is 2.24. The van der Waals surface area contributed by atoms with Crippen LogP contribution in [-0.4, -0.2) is 37.0 Å². The van der Waals surface area contributed by atoms with Crippen LogP contribution in [0.25, 0.3) is 0 Å². The van der Waals surface area contributed by atoms with Gasteiger partial charge in [0.25, 0.3) is 0 Å². The van der Waals surface area contributed by atoms with E-state index in [1.807, 2.05) is 11.9 Å². The molecule has 1 amide bonds. The first-order valence-corrected chi connectivity index (χ1v) is 5.99. The maximum atomic E-state index is 11.7. The second kappa shape index (κ2) is 5.50. The predicted molar refractivity (Wildman–Crippen MR) is 62.7 cm³/mol. The van der Waals surface area contributed by atoms with Crippen LogP contribution in [0.15, 0.2) is 0 Å². The molecule has 0 aromatic rings. The van der Waals surface area contributed by atoms with Crippen molar-refractivity contribution in [2.45, 2.75) is 39.7 Å². The molecule has 1 N–H and O–H groups in total. The Balaban J connectivity index is 2.50. The molecule has 1 aliphatic heterocycles. The molecule has 1 aliphatic rings. The topological polar surface area (TPSA) is 32.3 Å². The summed E-state index contributed by atoms with van der Waals surface area (Å²) >= 11 is 0. The molecule has 2 unspecified atom stereocenters. The molecule has 3 nitrogen and oxygen atoms in total. The summed E-state index contributed by atoms with van der Waals surface area (Å²) in [6.07, 6.45) is 1.81. The third kappa shape index (κ3) is 3.49. The van der Waals surface area contributed by atoms with Crippen LogP contribution in [0.2, 0.25) is 0 Å². The zero-order valence-electron chi connectivity index (χ0n) is 10.4. The minimum absolute atomic E-state index is 0.328. The number of hydrogen-bond donors (Lipinski definition) is 1. The minimum Gasteiger partial charge on any atom is -0.341 e. The van der Waals surface area contributed by atoms with Gasteiger partial charge in [-0.25, -0.2) is 0 Å². The maximum absolute atomic E-state index is 11.7. The highest BCUT2D eigenvalue weighted by Gasteiger charge is 2.27. The monoisotopic (exact) mass is 212 g/mol. The summed E-state index contributed by atoms with van der Waals surface area (Å²) in [6.45, 7) is 8.41. The lowest BCUT2D eigenvalue weighted by atomic mass is 9.87. The van der Waals surface area contributed by atoms with E-state index >= 15 is 0 Å². The van der Waals surface area contributed by atoms with Crippen molar-refractivity contribution in [3.05, 3.63) is 0 Å². The van der Waals surface area contributed by atoms with Crippen molar-refractivity contribution in [2.75, 3.05) is 20.1 Å². The van der Waals surface area contributed by atoms with Gasteiger partial charge in [-0.3, -0.25) is 4.79 Å². The summed E-state index contributed by atoms with van der Waals surface area (Å²) < 4.78 is 0. The molecule has 1 saturated heterocycles. The van der Waals surface area contributed by atoms with E-state index in [0.29, 0.717) is 23.8 Å². The highest BCUT2D eigenvalue weighted by atomic mass is 16.2. The van der Waals surface area contributed by atoms with Crippen molar-refractivity contribution < 1.29 is 4.79 Å². The lowest BCUT2D eigenvalue weighted by molar-refractivity contribution is -0.135. The summed E-state index contributed by atoms with van der Waals surface area (Å²) in [4.78, 5) is 13.7. The number of carbonyl (C=O) groups excluding carboxylic acids is 1. The van der Waals surface area contributed by atoms with Crippen LogP contribution in [0.3, 0.4) is 0 Å². The maximum Gasteiger partial charge on any atom is 0.222 e. The second-order valence-electron chi connectivity index (χ2n) is 5.03. The summed E-state index contributed by atoms with van der Waals surface area (Å²) in [6, 6.07) is 0.389. The van der Waals surface area contributed by atoms with Crippen LogP contribution < -0.4 is 5.32 Å². The molecular formula is C12H24N2O. The van der Waals surface area contributed by atoms with Crippen molar-refractivity contribution in [1.82, 2.24) is 10.2 Å². The van der Waals surface area contributed by atoms with Crippen LogP contribution in [0.5, 0.6) is 0 Å². The lowest BCUT2D eigenvalue weighted by Gasteiger charge is -2.36. The fourth-order valence-corrected chi connectivity index (χ4v) is 2.09. The molecule has 0 spiro atoms. The van der Waals surface area contributed by atoms with E-state index in [0.717, 1.165) is 25.9 Å². The molecule has 0 radical (unpaired) electrons. The molecule has 0 bridgehead atoms. The number of nitrogens with zero attached hydrogens (tertiary/aromatic N) is 1. The first-order chi connectivity index (χ1) is 7.04. The normalized spacial score (nSPS) is 24.7. The molecule has 0 saturated carbocycles. The first kappa shape index (κ1) is 12.5. The summed E-state index contributed by atoms with van der Waals surface area (Å²) in [5, 5.41) is 3.18. The number of nitrogens with one attached hydrogen (secondary N) is 1. The molecule has 1 fully saturated rings. The SMILES string of the molecule is CNC(C)CN1CC(C(C)C)CCC1=O. The van der Waals surface area contributed by atoms with Gasteiger partial charge < -0.3 is 10.2 Å². The summed E-state index contributed by atoms with van der Waals surface area (Å²) in [7, 11) is 1.94. The van der Waals surface area contributed by atoms with Crippen molar-refractivity contribution in [3.63, 3.8) is 0 Å². The Hall–Kier alpha value is -0.570. The van der Waals surface area contributed by atoms with Gasteiger partial charge in [0.15, 0.2) is 0 Å². The largest absolute Gasteiger partial charge is 0.341 e. The Bertz CT molecular complexity index is 216.